The van der Waals surface area contributed by atoms with Crippen molar-refractivity contribution in [2.75, 3.05) is 5.32 Å². The Kier molecular flexibility index (Phi) is 5.39. The van der Waals surface area contributed by atoms with Crippen LogP contribution in [0.3, 0.4) is 0 Å². The largest absolute Gasteiger partial charge is 0.325 e. The molecule has 0 spiro atoms. The summed E-state index contributed by atoms with van der Waals surface area (Å²) in [6, 6.07) is 7.22. The fraction of sp³-hybridized carbons (Fsp3) is 0.333. The summed E-state index contributed by atoms with van der Waals surface area (Å²) in [5.74, 6) is -0.0334. The average Bonchev–Trinajstić information content (AvgIpc) is 2.85. The van der Waals surface area contributed by atoms with Crippen molar-refractivity contribution < 1.29 is 4.79 Å². The van der Waals surface area contributed by atoms with Crippen LogP contribution >= 0.6 is 23.1 Å². The van der Waals surface area contributed by atoms with Crippen LogP contribution in [0, 0.1) is 12.8 Å². The molecule has 21 heavy (non-hydrogen) atoms. The van der Waals surface area contributed by atoms with Gasteiger partial charge < -0.3 is 11.1 Å². The van der Waals surface area contributed by atoms with E-state index in [2.05, 4.69) is 10.3 Å². The van der Waals surface area contributed by atoms with Gasteiger partial charge in [0.1, 0.15) is 0 Å². The van der Waals surface area contributed by atoms with Gasteiger partial charge in [-0.3, -0.25) is 4.79 Å². The molecule has 1 aromatic heterocycles. The molecule has 3 N–H and O–H groups in total. The molecule has 0 radical (unpaired) electrons. The van der Waals surface area contributed by atoms with Gasteiger partial charge in [-0.25, -0.2) is 4.98 Å². The number of benzene rings is 1. The van der Waals surface area contributed by atoms with E-state index in [0.717, 1.165) is 20.6 Å². The van der Waals surface area contributed by atoms with Crippen LogP contribution in [0.4, 0.5) is 5.69 Å². The van der Waals surface area contributed by atoms with Gasteiger partial charge in [-0.1, -0.05) is 25.6 Å². The van der Waals surface area contributed by atoms with Crippen LogP contribution in [0.5, 0.6) is 0 Å². The van der Waals surface area contributed by atoms with Crippen molar-refractivity contribution in [2.24, 2.45) is 11.7 Å². The Labute approximate surface area is 133 Å². The summed E-state index contributed by atoms with van der Waals surface area (Å²) in [4.78, 5) is 17.4. The molecule has 6 heteroatoms. The third-order valence-corrected chi connectivity index (χ3v) is 5.01. The fourth-order valence-electron chi connectivity index (χ4n) is 1.61. The summed E-state index contributed by atoms with van der Waals surface area (Å²) in [6.45, 7) is 5.84. The van der Waals surface area contributed by atoms with Crippen LogP contribution in [0.2, 0.25) is 0 Å². The van der Waals surface area contributed by atoms with Gasteiger partial charge in [0.15, 0.2) is 4.34 Å². The molecular formula is C15H19N3OS2. The Hall–Kier alpha value is -1.37. The normalized spacial score (nSPS) is 12.4. The highest BCUT2D eigenvalue weighted by molar-refractivity contribution is 8.01. The van der Waals surface area contributed by atoms with Gasteiger partial charge in [-0.05, 0) is 37.1 Å². The lowest BCUT2D eigenvalue weighted by Crippen LogP contribution is -2.39. The highest BCUT2D eigenvalue weighted by Crippen LogP contribution is 2.30. The number of hydrogen-bond donors (Lipinski definition) is 2. The van der Waals surface area contributed by atoms with E-state index < -0.39 is 6.04 Å². The summed E-state index contributed by atoms with van der Waals surface area (Å²) in [7, 11) is 0. The molecule has 0 fully saturated rings. The van der Waals surface area contributed by atoms with E-state index in [1.54, 1.807) is 23.1 Å². The maximum Gasteiger partial charge on any atom is 0.241 e. The second-order valence-electron chi connectivity index (χ2n) is 5.14. The molecule has 0 saturated heterocycles. The van der Waals surface area contributed by atoms with Gasteiger partial charge >= 0.3 is 0 Å². The summed E-state index contributed by atoms with van der Waals surface area (Å²) in [5, 5.41) is 4.86. The van der Waals surface area contributed by atoms with Crippen molar-refractivity contribution >= 4 is 34.7 Å². The number of nitrogens with one attached hydrogen (secondary N) is 1. The third-order valence-electron chi connectivity index (χ3n) is 2.95. The number of rotatable bonds is 5. The van der Waals surface area contributed by atoms with E-state index in [9.17, 15) is 4.79 Å². The topological polar surface area (TPSA) is 68.0 Å². The minimum atomic E-state index is -0.489. The number of aromatic nitrogens is 1. The molecular weight excluding hydrogens is 302 g/mol. The highest BCUT2D eigenvalue weighted by Gasteiger charge is 2.17. The summed E-state index contributed by atoms with van der Waals surface area (Å²) < 4.78 is 1.02. The van der Waals surface area contributed by atoms with Gasteiger partial charge in [0.2, 0.25) is 5.91 Å². The molecule has 0 unspecified atom stereocenters. The molecule has 2 aromatic rings. The Bertz CT molecular complexity index is 608. The average molecular weight is 321 g/mol. The van der Waals surface area contributed by atoms with Gasteiger partial charge in [-0.2, -0.15) is 0 Å². The maximum absolute atomic E-state index is 11.9. The number of carbonyl (C=O) groups is 1. The van der Waals surface area contributed by atoms with Crippen molar-refractivity contribution in [1.82, 2.24) is 4.98 Å². The third kappa shape index (κ3) is 4.56. The number of aryl methyl sites for hydroxylation is 1. The van der Waals surface area contributed by atoms with Crippen LogP contribution in [0.15, 0.2) is 38.9 Å². The monoisotopic (exact) mass is 321 g/mol. The molecule has 0 aliphatic carbocycles. The molecule has 0 aliphatic heterocycles. The molecule has 0 bridgehead atoms. The molecule has 1 atom stereocenters. The molecule has 1 aromatic carbocycles. The Morgan fingerprint density at radius 1 is 1.33 bits per heavy atom. The molecule has 4 nitrogen and oxygen atoms in total. The van der Waals surface area contributed by atoms with E-state index in [1.807, 2.05) is 50.4 Å². The smallest absolute Gasteiger partial charge is 0.241 e. The van der Waals surface area contributed by atoms with E-state index >= 15 is 0 Å². The molecule has 2 rings (SSSR count). The number of nitrogens with two attached hydrogens (primary N) is 1. The van der Waals surface area contributed by atoms with E-state index in [-0.39, 0.29) is 11.8 Å². The predicted octanol–water partition coefficient (Wildman–Crippen LogP) is 3.52. The first kappa shape index (κ1) is 16.0. The number of amides is 1. The van der Waals surface area contributed by atoms with Gasteiger partial charge in [-0.15, -0.1) is 11.3 Å². The second kappa shape index (κ2) is 7.06. The Morgan fingerprint density at radius 3 is 2.52 bits per heavy atom. The highest BCUT2D eigenvalue weighted by atomic mass is 32.2. The number of thiazole rings is 1. The van der Waals surface area contributed by atoms with Crippen LogP contribution in [0.1, 0.15) is 19.5 Å². The zero-order valence-electron chi connectivity index (χ0n) is 12.3. The number of nitrogens with zero attached hydrogens (tertiary/aromatic N) is 1. The van der Waals surface area contributed by atoms with Crippen LogP contribution in [-0.4, -0.2) is 16.9 Å². The van der Waals surface area contributed by atoms with Crippen molar-refractivity contribution in [2.45, 2.75) is 36.0 Å². The van der Waals surface area contributed by atoms with E-state index in [4.69, 9.17) is 5.73 Å². The summed E-state index contributed by atoms with van der Waals surface area (Å²) >= 11 is 3.25. The SMILES string of the molecule is Cc1csc(Sc2ccc(NC(=O)[C@@H](N)C(C)C)cc2)n1. The number of hydrogen-bond acceptors (Lipinski definition) is 5. The second-order valence-corrected chi connectivity index (χ2v) is 7.32. The summed E-state index contributed by atoms with van der Waals surface area (Å²) in [5.41, 5.74) is 7.62. The molecule has 112 valence electrons. The predicted molar refractivity (Wildman–Crippen MR) is 88.9 cm³/mol. The fourth-order valence-corrected chi connectivity index (χ4v) is 3.42. The van der Waals surface area contributed by atoms with Crippen molar-refractivity contribution in [1.29, 1.82) is 0 Å². The first-order valence-corrected chi connectivity index (χ1v) is 8.42. The quantitative estimate of drug-likeness (QED) is 0.884. The first-order chi connectivity index (χ1) is 9.95. The number of anilines is 1. The minimum absolute atomic E-state index is 0.118. The number of carbonyl (C=O) groups excluding carboxylic acids is 1. The van der Waals surface area contributed by atoms with Gasteiger partial charge in [0.05, 0.1) is 6.04 Å². The van der Waals surface area contributed by atoms with Crippen LogP contribution in [0.25, 0.3) is 0 Å². The lowest BCUT2D eigenvalue weighted by molar-refractivity contribution is -0.118. The first-order valence-electron chi connectivity index (χ1n) is 6.72. The molecule has 1 heterocycles. The van der Waals surface area contributed by atoms with E-state index in [0.29, 0.717) is 0 Å². The standard InChI is InChI=1S/C15H19N3OS2/c1-9(2)13(16)14(19)18-11-4-6-12(7-5-11)21-15-17-10(3)8-20-15/h4-9,13H,16H2,1-3H3,(H,18,19)/t13-/m0/s1. The van der Waals surface area contributed by atoms with Crippen LogP contribution < -0.4 is 11.1 Å². The minimum Gasteiger partial charge on any atom is -0.325 e. The zero-order chi connectivity index (χ0) is 15.4. The van der Waals surface area contributed by atoms with E-state index in [1.165, 1.54) is 0 Å². The van der Waals surface area contributed by atoms with Crippen molar-refractivity contribution in [3.05, 3.63) is 35.3 Å². The van der Waals surface area contributed by atoms with Crippen LogP contribution in [-0.2, 0) is 4.79 Å². The maximum atomic E-state index is 11.9. The van der Waals surface area contributed by atoms with Crippen molar-refractivity contribution in [3.63, 3.8) is 0 Å². The lowest BCUT2D eigenvalue weighted by atomic mass is 10.1. The molecule has 0 aliphatic rings. The zero-order valence-corrected chi connectivity index (χ0v) is 13.9. The summed E-state index contributed by atoms with van der Waals surface area (Å²) in [6.07, 6.45) is 0. The Balaban J connectivity index is 1.97. The van der Waals surface area contributed by atoms with Crippen molar-refractivity contribution in [3.8, 4) is 0 Å². The molecule has 0 saturated carbocycles. The lowest BCUT2D eigenvalue weighted by Gasteiger charge is -2.15. The van der Waals surface area contributed by atoms with Gasteiger partial charge in [0, 0.05) is 21.7 Å². The Morgan fingerprint density at radius 2 is 2.00 bits per heavy atom. The molecule has 1 amide bonds. The van der Waals surface area contributed by atoms with Gasteiger partial charge in [0.25, 0.3) is 0 Å².